The van der Waals surface area contributed by atoms with Gasteiger partial charge in [0, 0.05) is 3.57 Å². The minimum absolute atomic E-state index is 0.157. The summed E-state index contributed by atoms with van der Waals surface area (Å²) in [5.41, 5.74) is 5.95. The van der Waals surface area contributed by atoms with Gasteiger partial charge in [0.25, 0.3) is 0 Å². The van der Waals surface area contributed by atoms with Crippen LogP contribution in [-0.2, 0) is 0 Å². The fraction of sp³-hybridized carbons (Fsp3) is 0.250. The Morgan fingerprint density at radius 3 is 2.11 bits per heavy atom. The Labute approximate surface area is 138 Å². The number of benzene rings is 2. The summed E-state index contributed by atoms with van der Waals surface area (Å²) in [5.74, 6) is 0. The normalized spacial score (nSPS) is 12.5. The number of rotatable bonds is 2. The van der Waals surface area contributed by atoms with Gasteiger partial charge < -0.3 is 0 Å². The van der Waals surface area contributed by atoms with Gasteiger partial charge in [0.15, 0.2) is 0 Å². The molecule has 2 aromatic rings. The average molecular weight is 405 g/mol. The van der Waals surface area contributed by atoms with Gasteiger partial charge in [0.1, 0.15) is 0 Å². The van der Waals surface area contributed by atoms with E-state index in [0.717, 1.165) is 14.2 Å². The van der Waals surface area contributed by atoms with Gasteiger partial charge in [-0.25, -0.2) is 0 Å². The van der Waals surface area contributed by atoms with Crippen LogP contribution in [0.4, 0.5) is 0 Å². The van der Waals surface area contributed by atoms with E-state index in [0.29, 0.717) is 0 Å². The van der Waals surface area contributed by atoms with Crippen molar-refractivity contribution in [1.82, 2.24) is 0 Å². The molecule has 0 aromatic heterocycles. The van der Waals surface area contributed by atoms with Crippen LogP contribution in [0, 0.1) is 24.3 Å². The second kappa shape index (κ2) is 6.02. The molecule has 0 aliphatic heterocycles. The quantitative estimate of drug-likeness (QED) is 0.413. The molecule has 0 nitrogen and oxygen atoms in total. The summed E-state index contributed by atoms with van der Waals surface area (Å²) in [4.78, 5) is 0. The highest BCUT2D eigenvalue weighted by atomic mass is 127. The number of alkyl halides is 1. The predicted molar refractivity (Wildman–Crippen MR) is 92.5 cm³/mol. The molecule has 1 atom stereocenters. The summed E-state index contributed by atoms with van der Waals surface area (Å²) in [5, 5.41) is 0.598. The van der Waals surface area contributed by atoms with Crippen molar-refractivity contribution in [2.24, 2.45) is 0 Å². The van der Waals surface area contributed by atoms with Gasteiger partial charge in [-0.15, -0.1) is 11.6 Å². The molecule has 0 fully saturated rings. The molecule has 1 unspecified atom stereocenters. The second-order valence-corrected chi connectivity index (χ2v) is 6.85. The Morgan fingerprint density at radius 2 is 1.58 bits per heavy atom. The molecule has 100 valence electrons. The highest BCUT2D eigenvalue weighted by Gasteiger charge is 2.17. The Balaban J connectivity index is 2.49. The SMILES string of the molecule is Cc1cc(C)c(C(Cl)c2ccc(I)c(Cl)c2)c(C)c1. The zero-order chi connectivity index (χ0) is 14.2. The van der Waals surface area contributed by atoms with E-state index < -0.39 is 0 Å². The van der Waals surface area contributed by atoms with Crippen LogP contribution >= 0.6 is 45.8 Å². The van der Waals surface area contributed by atoms with E-state index in [-0.39, 0.29) is 5.38 Å². The summed E-state index contributed by atoms with van der Waals surface area (Å²) in [6, 6.07) is 10.4. The van der Waals surface area contributed by atoms with E-state index in [4.69, 9.17) is 23.2 Å². The lowest BCUT2D eigenvalue weighted by Crippen LogP contribution is -2.00. The molecule has 0 saturated carbocycles. The molecular formula is C16H15Cl2I. The second-order valence-electron chi connectivity index (χ2n) is 4.85. The Hall–Kier alpha value is -0.250. The first-order valence-corrected chi connectivity index (χ1v) is 7.96. The smallest absolute Gasteiger partial charge is 0.0841 e. The van der Waals surface area contributed by atoms with Gasteiger partial charge in [0.05, 0.1) is 10.4 Å². The lowest BCUT2D eigenvalue weighted by atomic mass is 9.94. The third kappa shape index (κ3) is 3.26. The zero-order valence-electron chi connectivity index (χ0n) is 11.1. The van der Waals surface area contributed by atoms with Crippen LogP contribution in [0.15, 0.2) is 30.3 Å². The molecule has 0 aliphatic carbocycles. The monoisotopic (exact) mass is 404 g/mol. The van der Waals surface area contributed by atoms with E-state index in [1.807, 2.05) is 18.2 Å². The predicted octanol–water partition coefficient (Wildman–Crippen LogP) is 6.20. The topological polar surface area (TPSA) is 0 Å². The van der Waals surface area contributed by atoms with Crippen molar-refractivity contribution in [3.8, 4) is 0 Å². The molecule has 0 bridgehead atoms. The van der Waals surface area contributed by atoms with Crippen LogP contribution in [0.3, 0.4) is 0 Å². The third-order valence-electron chi connectivity index (χ3n) is 3.23. The third-order valence-corrected chi connectivity index (χ3v) is 5.27. The summed E-state index contributed by atoms with van der Waals surface area (Å²) >= 11 is 15.1. The number of hydrogen-bond acceptors (Lipinski definition) is 0. The van der Waals surface area contributed by atoms with Crippen molar-refractivity contribution in [2.45, 2.75) is 26.1 Å². The fourth-order valence-electron chi connectivity index (χ4n) is 2.43. The lowest BCUT2D eigenvalue weighted by Gasteiger charge is -2.17. The van der Waals surface area contributed by atoms with Crippen LogP contribution in [0.25, 0.3) is 0 Å². The minimum atomic E-state index is -0.157. The minimum Gasteiger partial charge on any atom is -0.113 e. The van der Waals surface area contributed by atoms with Gasteiger partial charge >= 0.3 is 0 Å². The van der Waals surface area contributed by atoms with E-state index in [9.17, 15) is 0 Å². The Bertz CT molecular complexity index is 597. The van der Waals surface area contributed by atoms with E-state index in [2.05, 4.69) is 55.5 Å². The highest BCUT2D eigenvalue weighted by Crippen LogP contribution is 2.35. The average Bonchev–Trinajstić information content (AvgIpc) is 2.31. The molecule has 2 aromatic carbocycles. The maximum atomic E-state index is 6.66. The van der Waals surface area contributed by atoms with Crippen LogP contribution < -0.4 is 0 Å². The summed E-state index contributed by atoms with van der Waals surface area (Å²) in [7, 11) is 0. The van der Waals surface area contributed by atoms with Gasteiger partial charge in [-0.3, -0.25) is 0 Å². The Kier molecular flexibility index (Phi) is 4.80. The number of hydrogen-bond donors (Lipinski definition) is 0. The molecule has 0 spiro atoms. The van der Waals surface area contributed by atoms with Crippen LogP contribution in [0.1, 0.15) is 33.2 Å². The fourth-order valence-corrected chi connectivity index (χ4v) is 3.43. The van der Waals surface area contributed by atoms with Crippen molar-refractivity contribution >= 4 is 45.8 Å². The van der Waals surface area contributed by atoms with Crippen LogP contribution in [0.2, 0.25) is 5.02 Å². The summed E-state index contributed by atoms with van der Waals surface area (Å²) in [6.45, 7) is 6.33. The van der Waals surface area contributed by atoms with Crippen molar-refractivity contribution in [1.29, 1.82) is 0 Å². The molecule has 0 amide bonds. The van der Waals surface area contributed by atoms with Crippen molar-refractivity contribution < 1.29 is 0 Å². The lowest BCUT2D eigenvalue weighted by molar-refractivity contribution is 1.07. The molecule has 0 aliphatic rings. The van der Waals surface area contributed by atoms with Gasteiger partial charge in [-0.1, -0.05) is 35.4 Å². The maximum Gasteiger partial charge on any atom is 0.0841 e. The zero-order valence-corrected chi connectivity index (χ0v) is 14.8. The molecule has 19 heavy (non-hydrogen) atoms. The molecule has 0 heterocycles. The van der Waals surface area contributed by atoms with E-state index in [1.54, 1.807) is 0 Å². The molecule has 3 heteroatoms. The van der Waals surface area contributed by atoms with E-state index >= 15 is 0 Å². The first-order chi connectivity index (χ1) is 8.90. The van der Waals surface area contributed by atoms with Crippen LogP contribution in [-0.4, -0.2) is 0 Å². The maximum absolute atomic E-state index is 6.66. The van der Waals surface area contributed by atoms with Crippen molar-refractivity contribution in [3.63, 3.8) is 0 Å². The number of halogens is 3. The first-order valence-electron chi connectivity index (χ1n) is 6.07. The van der Waals surface area contributed by atoms with Crippen molar-refractivity contribution in [2.75, 3.05) is 0 Å². The molecular weight excluding hydrogens is 390 g/mol. The number of aryl methyl sites for hydroxylation is 3. The van der Waals surface area contributed by atoms with Crippen LogP contribution in [0.5, 0.6) is 0 Å². The first kappa shape index (κ1) is 15.1. The molecule has 0 N–H and O–H groups in total. The Morgan fingerprint density at radius 1 is 1.00 bits per heavy atom. The summed E-state index contributed by atoms with van der Waals surface area (Å²) < 4.78 is 1.05. The highest BCUT2D eigenvalue weighted by molar-refractivity contribution is 14.1. The van der Waals surface area contributed by atoms with E-state index in [1.165, 1.54) is 22.3 Å². The standard InChI is InChI=1S/C16H15Cl2I/c1-9-6-10(2)15(11(3)7-9)16(18)12-4-5-14(19)13(17)8-12/h4-8,16H,1-3H3. The molecule has 0 saturated heterocycles. The molecule has 2 rings (SSSR count). The molecule has 0 radical (unpaired) electrons. The summed E-state index contributed by atoms with van der Waals surface area (Å²) in [6.07, 6.45) is 0. The largest absolute Gasteiger partial charge is 0.113 e. The van der Waals surface area contributed by atoms with Crippen molar-refractivity contribution in [3.05, 3.63) is 66.7 Å². The van der Waals surface area contributed by atoms with Gasteiger partial charge in [0.2, 0.25) is 0 Å². The van der Waals surface area contributed by atoms with Gasteiger partial charge in [-0.05, 0) is 77.7 Å². The van der Waals surface area contributed by atoms with Gasteiger partial charge in [-0.2, -0.15) is 0 Å².